The summed E-state index contributed by atoms with van der Waals surface area (Å²) in [5.74, 6) is 1.38. The third-order valence-electron chi connectivity index (χ3n) is 6.33. The highest BCUT2D eigenvalue weighted by molar-refractivity contribution is 7.22. The zero-order valence-corrected chi connectivity index (χ0v) is 22.1. The maximum Gasteiger partial charge on any atom is 0.260 e. The average Bonchev–Trinajstić information content (AvgIpc) is 3.52. The van der Waals surface area contributed by atoms with Crippen molar-refractivity contribution in [3.63, 3.8) is 0 Å². The molecule has 4 aromatic rings. The monoisotopic (exact) mass is 523 g/mol. The summed E-state index contributed by atoms with van der Waals surface area (Å²) in [6.07, 6.45) is 0.841. The Bertz CT molecular complexity index is 1270. The van der Waals surface area contributed by atoms with Gasteiger partial charge in [0, 0.05) is 30.8 Å². The third-order valence-corrected chi connectivity index (χ3v) is 7.37. The topological polar surface area (TPSA) is 54.9 Å². The second-order valence-electron chi connectivity index (χ2n) is 8.51. The van der Waals surface area contributed by atoms with Crippen molar-refractivity contribution >= 4 is 45.0 Å². The number of rotatable bonds is 9. The summed E-state index contributed by atoms with van der Waals surface area (Å²) in [4.78, 5) is 22.6. The van der Waals surface area contributed by atoms with Crippen LogP contribution in [0.5, 0.6) is 11.5 Å². The van der Waals surface area contributed by atoms with Crippen molar-refractivity contribution in [3.05, 3.63) is 83.4 Å². The van der Waals surface area contributed by atoms with Gasteiger partial charge in [-0.3, -0.25) is 9.69 Å². The van der Waals surface area contributed by atoms with Crippen LogP contribution in [0.1, 0.15) is 35.3 Å². The van der Waals surface area contributed by atoms with E-state index in [1.54, 1.807) is 0 Å². The number of thiazole rings is 1. The second-order valence-corrected chi connectivity index (χ2v) is 9.52. The van der Waals surface area contributed by atoms with Crippen LogP contribution in [0.4, 0.5) is 5.13 Å². The quantitative estimate of drug-likeness (QED) is 0.268. The van der Waals surface area contributed by atoms with Gasteiger partial charge in [-0.2, -0.15) is 0 Å². The van der Waals surface area contributed by atoms with Crippen LogP contribution in [-0.4, -0.2) is 48.8 Å². The number of halogens is 1. The Kier molecular flexibility index (Phi) is 8.46. The zero-order chi connectivity index (χ0) is 24.2. The van der Waals surface area contributed by atoms with E-state index in [1.165, 1.54) is 22.5 Å². The molecule has 0 bridgehead atoms. The van der Waals surface area contributed by atoms with Gasteiger partial charge in [-0.05, 0) is 42.8 Å². The highest BCUT2D eigenvalue weighted by Gasteiger charge is 2.24. The Labute approximate surface area is 221 Å². The third kappa shape index (κ3) is 5.64. The number of nitrogens with zero attached hydrogens (tertiary/aromatic N) is 3. The van der Waals surface area contributed by atoms with Crippen molar-refractivity contribution in [1.29, 1.82) is 0 Å². The molecule has 0 radical (unpaired) electrons. The second kappa shape index (κ2) is 11.7. The number of fused-ring (bicyclic) bond motifs is 2. The first-order valence-corrected chi connectivity index (χ1v) is 12.8. The smallest absolute Gasteiger partial charge is 0.260 e. The first-order valence-electron chi connectivity index (χ1n) is 12.0. The molecule has 0 aliphatic carbocycles. The van der Waals surface area contributed by atoms with E-state index in [4.69, 9.17) is 14.5 Å². The number of carbonyl (C=O) groups excluding carboxylic acids is 1. The Morgan fingerprint density at radius 2 is 1.58 bits per heavy atom. The molecule has 2 heterocycles. The van der Waals surface area contributed by atoms with Crippen molar-refractivity contribution in [2.45, 2.75) is 20.3 Å². The lowest BCUT2D eigenvalue weighted by Crippen LogP contribution is -2.38. The molecule has 1 aliphatic heterocycles. The van der Waals surface area contributed by atoms with Crippen molar-refractivity contribution in [1.82, 2.24) is 9.88 Å². The lowest BCUT2D eigenvalue weighted by atomic mass is 10.0. The van der Waals surface area contributed by atoms with E-state index in [1.807, 2.05) is 59.5 Å². The number of anilines is 1. The molecular formula is C28H30ClN3O3S. The van der Waals surface area contributed by atoms with Gasteiger partial charge >= 0.3 is 0 Å². The molecule has 0 saturated carbocycles. The molecule has 36 heavy (non-hydrogen) atoms. The number of amides is 1. The molecule has 0 fully saturated rings. The van der Waals surface area contributed by atoms with E-state index in [0.29, 0.717) is 23.0 Å². The lowest BCUT2D eigenvalue weighted by molar-refractivity contribution is 0.0983. The number of hydrogen-bond acceptors (Lipinski definition) is 6. The maximum absolute atomic E-state index is 13.7. The molecule has 6 nitrogen and oxygen atoms in total. The summed E-state index contributed by atoms with van der Waals surface area (Å²) in [6, 6.07) is 22.1. The summed E-state index contributed by atoms with van der Waals surface area (Å²) in [5.41, 5.74) is 3.90. The van der Waals surface area contributed by atoms with Gasteiger partial charge in [-0.1, -0.05) is 67.6 Å². The number of likely N-dealkylation sites (N-methyl/N-ethyl adjacent to an activating group) is 1. The van der Waals surface area contributed by atoms with Gasteiger partial charge in [0.15, 0.2) is 16.6 Å². The summed E-state index contributed by atoms with van der Waals surface area (Å²) >= 11 is 1.51. The first-order chi connectivity index (χ1) is 17.1. The van der Waals surface area contributed by atoms with Gasteiger partial charge in [0.2, 0.25) is 6.79 Å². The number of ether oxygens (including phenoxy) is 2. The molecule has 1 aliphatic rings. The summed E-state index contributed by atoms with van der Waals surface area (Å²) in [6.45, 7) is 7.74. The van der Waals surface area contributed by atoms with E-state index in [9.17, 15) is 4.79 Å². The minimum Gasteiger partial charge on any atom is -0.454 e. The highest BCUT2D eigenvalue weighted by atomic mass is 35.5. The van der Waals surface area contributed by atoms with Crippen LogP contribution < -0.4 is 14.4 Å². The zero-order valence-electron chi connectivity index (χ0n) is 20.5. The molecule has 188 valence electrons. The Morgan fingerprint density at radius 1 is 0.917 bits per heavy atom. The fourth-order valence-electron chi connectivity index (χ4n) is 4.24. The van der Waals surface area contributed by atoms with Gasteiger partial charge in [0.05, 0.1) is 10.2 Å². The molecule has 5 rings (SSSR count). The van der Waals surface area contributed by atoms with Crippen molar-refractivity contribution in [2.75, 3.05) is 37.9 Å². The fraction of sp³-hybridized carbons (Fsp3) is 0.286. The molecule has 0 unspecified atom stereocenters. The summed E-state index contributed by atoms with van der Waals surface area (Å²) < 4.78 is 12.0. The number of hydrogen-bond donors (Lipinski definition) is 0. The van der Waals surface area contributed by atoms with Gasteiger partial charge in [0.25, 0.3) is 5.91 Å². The Hall–Kier alpha value is -3.13. The molecule has 0 spiro atoms. The SMILES string of the molecule is CCN(CC)CCN(C(=O)c1ccc(Cc2ccccc2)cc1)c1nc2cc3c(cc2s1)OCO3.Cl. The molecule has 0 N–H and O–H groups in total. The van der Waals surface area contributed by atoms with Gasteiger partial charge < -0.3 is 14.4 Å². The number of benzene rings is 3. The molecule has 3 aromatic carbocycles. The summed E-state index contributed by atoms with van der Waals surface area (Å²) in [5, 5.41) is 0.689. The van der Waals surface area contributed by atoms with Crippen molar-refractivity contribution in [2.24, 2.45) is 0 Å². The van der Waals surface area contributed by atoms with Crippen LogP contribution in [0.25, 0.3) is 10.2 Å². The van der Waals surface area contributed by atoms with E-state index in [2.05, 4.69) is 30.9 Å². The maximum atomic E-state index is 13.7. The Balaban J connectivity index is 0.00000304. The standard InChI is InChI=1S/C28H29N3O3S.ClH/c1-3-30(4-2)14-15-31(28-29-23-17-24-25(34-19-33-24)18-26(23)35-28)27(32)22-12-10-21(11-13-22)16-20-8-6-5-7-9-20;/h5-13,17-18H,3-4,14-16,19H2,1-2H3;1H. The van der Waals surface area contributed by atoms with Crippen molar-refractivity contribution < 1.29 is 14.3 Å². The minimum absolute atomic E-state index is 0. The normalized spacial score (nSPS) is 12.1. The van der Waals surface area contributed by atoms with E-state index in [0.717, 1.165) is 42.0 Å². The fourth-order valence-corrected chi connectivity index (χ4v) is 5.24. The number of carbonyl (C=O) groups is 1. The van der Waals surface area contributed by atoms with Crippen molar-refractivity contribution in [3.8, 4) is 11.5 Å². The molecule has 0 atom stereocenters. The predicted molar refractivity (Wildman–Crippen MR) is 148 cm³/mol. The largest absolute Gasteiger partial charge is 0.454 e. The van der Waals surface area contributed by atoms with Gasteiger partial charge in [0.1, 0.15) is 0 Å². The van der Waals surface area contributed by atoms with E-state index in [-0.39, 0.29) is 25.1 Å². The molecular weight excluding hydrogens is 494 g/mol. The molecule has 0 saturated heterocycles. The van der Waals surface area contributed by atoms with E-state index >= 15 is 0 Å². The molecule has 1 aromatic heterocycles. The van der Waals surface area contributed by atoms with Crippen LogP contribution in [0.3, 0.4) is 0 Å². The van der Waals surface area contributed by atoms with Gasteiger partial charge in [-0.25, -0.2) is 4.98 Å². The average molecular weight is 524 g/mol. The van der Waals surface area contributed by atoms with Crippen LogP contribution in [0.2, 0.25) is 0 Å². The van der Waals surface area contributed by atoms with E-state index < -0.39 is 0 Å². The lowest BCUT2D eigenvalue weighted by Gasteiger charge is -2.24. The van der Waals surface area contributed by atoms with Crippen LogP contribution in [0.15, 0.2) is 66.7 Å². The molecule has 8 heteroatoms. The van der Waals surface area contributed by atoms with Crippen LogP contribution >= 0.6 is 23.7 Å². The van der Waals surface area contributed by atoms with Crippen LogP contribution in [0, 0.1) is 0 Å². The van der Waals surface area contributed by atoms with Gasteiger partial charge in [-0.15, -0.1) is 12.4 Å². The predicted octanol–water partition coefficient (Wildman–Crippen LogP) is 6.03. The Morgan fingerprint density at radius 3 is 2.28 bits per heavy atom. The summed E-state index contributed by atoms with van der Waals surface area (Å²) in [7, 11) is 0. The number of aromatic nitrogens is 1. The minimum atomic E-state index is -0.0393. The highest BCUT2D eigenvalue weighted by Crippen LogP contribution is 2.40. The first kappa shape index (κ1) is 25.9. The van der Waals surface area contributed by atoms with Crippen LogP contribution in [-0.2, 0) is 6.42 Å². The molecule has 1 amide bonds.